The summed E-state index contributed by atoms with van der Waals surface area (Å²) in [5, 5.41) is 3.07. The third kappa shape index (κ3) is 6.74. The topological polar surface area (TPSA) is 61.9 Å². The molecule has 1 aromatic carbocycles. The second kappa shape index (κ2) is 10.0. The number of aryl methyl sites for hydroxylation is 1. The van der Waals surface area contributed by atoms with Gasteiger partial charge in [0.05, 0.1) is 13.2 Å². The van der Waals surface area contributed by atoms with Crippen molar-refractivity contribution in [2.75, 3.05) is 39.3 Å². The van der Waals surface area contributed by atoms with Gasteiger partial charge >= 0.3 is 6.09 Å². The van der Waals surface area contributed by atoms with Crippen molar-refractivity contribution < 1.29 is 14.3 Å². The highest BCUT2D eigenvalue weighted by Crippen LogP contribution is 2.06. The van der Waals surface area contributed by atoms with Crippen LogP contribution >= 0.6 is 0 Å². The molecule has 2 rings (SSSR count). The number of hydrogen-bond donors (Lipinski definition) is 1. The molecule has 0 spiro atoms. The van der Waals surface area contributed by atoms with E-state index >= 15 is 0 Å². The Kier molecular flexibility index (Phi) is 7.73. The molecule has 1 N–H and O–H groups in total. The van der Waals surface area contributed by atoms with Crippen molar-refractivity contribution in [3.05, 3.63) is 35.9 Å². The molecule has 1 heterocycles. The lowest BCUT2D eigenvalue weighted by Crippen LogP contribution is -2.51. The number of rotatable bonds is 7. The molecule has 0 aliphatic carbocycles. The van der Waals surface area contributed by atoms with Gasteiger partial charge in [0.25, 0.3) is 0 Å². The minimum absolute atomic E-state index is 0.0464. The lowest BCUT2D eigenvalue weighted by atomic mass is 10.1. The predicted octanol–water partition coefficient (Wildman–Crippen LogP) is 1.90. The van der Waals surface area contributed by atoms with E-state index in [2.05, 4.69) is 22.3 Å². The quantitative estimate of drug-likeness (QED) is 0.818. The van der Waals surface area contributed by atoms with Gasteiger partial charge in [0.2, 0.25) is 5.91 Å². The summed E-state index contributed by atoms with van der Waals surface area (Å²) in [7, 11) is 0. The molecule has 0 bridgehead atoms. The van der Waals surface area contributed by atoms with Crippen molar-refractivity contribution in [2.24, 2.45) is 0 Å². The van der Waals surface area contributed by atoms with Crippen LogP contribution in [-0.4, -0.2) is 67.2 Å². The highest BCUT2D eigenvalue weighted by molar-refractivity contribution is 5.78. The van der Waals surface area contributed by atoms with Crippen LogP contribution in [0.1, 0.15) is 25.8 Å². The second-order valence-electron chi connectivity index (χ2n) is 6.45. The number of amides is 2. The molecule has 0 unspecified atom stereocenters. The van der Waals surface area contributed by atoms with Gasteiger partial charge in [0.1, 0.15) is 0 Å². The van der Waals surface area contributed by atoms with E-state index in [-0.39, 0.29) is 18.0 Å². The lowest BCUT2D eigenvalue weighted by molar-refractivity contribution is -0.123. The average Bonchev–Trinajstić information content (AvgIpc) is 2.61. The predicted molar refractivity (Wildman–Crippen MR) is 97.4 cm³/mol. The number of ether oxygens (including phenoxy) is 1. The molecule has 6 heteroatoms. The third-order valence-corrected chi connectivity index (χ3v) is 4.38. The molecule has 1 aromatic rings. The highest BCUT2D eigenvalue weighted by atomic mass is 16.6. The Labute approximate surface area is 150 Å². The number of nitrogens with one attached hydrogen (secondary N) is 1. The molecule has 1 atom stereocenters. The van der Waals surface area contributed by atoms with E-state index in [1.54, 1.807) is 11.8 Å². The monoisotopic (exact) mass is 347 g/mol. The van der Waals surface area contributed by atoms with Gasteiger partial charge in [-0.2, -0.15) is 0 Å². The normalized spacial score (nSPS) is 16.3. The Morgan fingerprint density at radius 1 is 1.16 bits per heavy atom. The van der Waals surface area contributed by atoms with Gasteiger partial charge in [-0.1, -0.05) is 30.3 Å². The smallest absolute Gasteiger partial charge is 0.409 e. The maximum absolute atomic E-state index is 12.2. The molecule has 1 saturated heterocycles. The number of carbonyl (C=O) groups excluding carboxylic acids is 2. The first-order chi connectivity index (χ1) is 12.1. The Morgan fingerprint density at radius 3 is 2.48 bits per heavy atom. The molecule has 25 heavy (non-hydrogen) atoms. The number of benzene rings is 1. The van der Waals surface area contributed by atoms with Crippen LogP contribution in [0, 0.1) is 0 Å². The first kappa shape index (κ1) is 19.2. The fraction of sp³-hybridized carbons (Fsp3) is 0.579. The van der Waals surface area contributed by atoms with Crippen LogP contribution in [0.15, 0.2) is 30.3 Å². The van der Waals surface area contributed by atoms with Crippen LogP contribution in [0.5, 0.6) is 0 Å². The van der Waals surface area contributed by atoms with Crippen LogP contribution < -0.4 is 5.32 Å². The molecule has 6 nitrogen and oxygen atoms in total. The number of piperazine rings is 1. The number of carbonyl (C=O) groups is 2. The Morgan fingerprint density at radius 2 is 1.84 bits per heavy atom. The van der Waals surface area contributed by atoms with E-state index in [1.165, 1.54) is 5.56 Å². The van der Waals surface area contributed by atoms with Crippen molar-refractivity contribution >= 4 is 12.0 Å². The zero-order valence-electron chi connectivity index (χ0n) is 15.2. The SMILES string of the molecule is CCOC(=O)N1CCN(CC(=O)N[C@@H](C)CCc2ccccc2)CC1. The third-order valence-electron chi connectivity index (χ3n) is 4.38. The summed E-state index contributed by atoms with van der Waals surface area (Å²) in [5.41, 5.74) is 1.29. The summed E-state index contributed by atoms with van der Waals surface area (Å²) >= 11 is 0. The van der Waals surface area contributed by atoms with Crippen LogP contribution in [0.25, 0.3) is 0 Å². The van der Waals surface area contributed by atoms with Gasteiger partial charge < -0.3 is 15.0 Å². The van der Waals surface area contributed by atoms with Crippen LogP contribution in [-0.2, 0) is 16.0 Å². The van der Waals surface area contributed by atoms with E-state index in [9.17, 15) is 9.59 Å². The molecule has 1 aliphatic heterocycles. The fourth-order valence-electron chi connectivity index (χ4n) is 2.93. The molecule has 138 valence electrons. The van der Waals surface area contributed by atoms with Gasteiger partial charge in [0, 0.05) is 32.2 Å². The molecular weight excluding hydrogens is 318 g/mol. The number of nitrogens with zero attached hydrogens (tertiary/aromatic N) is 2. The van der Waals surface area contributed by atoms with Gasteiger partial charge in [-0.15, -0.1) is 0 Å². The Bertz CT molecular complexity index is 542. The van der Waals surface area contributed by atoms with Crippen molar-refractivity contribution in [1.29, 1.82) is 0 Å². The lowest BCUT2D eigenvalue weighted by Gasteiger charge is -2.33. The van der Waals surface area contributed by atoms with Gasteiger partial charge in [-0.25, -0.2) is 4.79 Å². The molecule has 1 aliphatic rings. The maximum Gasteiger partial charge on any atom is 0.409 e. The molecule has 2 amide bonds. The van der Waals surface area contributed by atoms with E-state index < -0.39 is 0 Å². The van der Waals surface area contributed by atoms with Crippen LogP contribution in [0.4, 0.5) is 4.79 Å². The summed E-state index contributed by atoms with van der Waals surface area (Å²) in [6, 6.07) is 10.4. The van der Waals surface area contributed by atoms with Crippen molar-refractivity contribution in [3.63, 3.8) is 0 Å². The van der Waals surface area contributed by atoms with Crippen molar-refractivity contribution in [1.82, 2.24) is 15.1 Å². The summed E-state index contributed by atoms with van der Waals surface area (Å²) in [6.07, 6.45) is 1.62. The van der Waals surface area contributed by atoms with Gasteiger partial charge in [0.15, 0.2) is 0 Å². The first-order valence-corrected chi connectivity index (χ1v) is 9.05. The van der Waals surface area contributed by atoms with Crippen molar-refractivity contribution in [3.8, 4) is 0 Å². The highest BCUT2D eigenvalue weighted by Gasteiger charge is 2.23. The molecule has 1 fully saturated rings. The Hall–Kier alpha value is -2.08. The van der Waals surface area contributed by atoms with Gasteiger partial charge in [-0.05, 0) is 32.3 Å². The van der Waals surface area contributed by atoms with Crippen LogP contribution in [0.3, 0.4) is 0 Å². The molecular formula is C19H29N3O3. The minimum atomic E-state index is -0.263. The largest absolute Gasteiger partial charge is 0.450 e. The standard InChI is InChI=1S/C19H29N3O3/c1-3-25-19(24)22-13-11-21(12-14-22)15-18(23)20-16(2)9-10-17-7-5-4-6-8-17/h4-8,16H,3,9-15H2,1-2H3,(H,20,23)/t16-/m0/s1. The van der Waals surface area contributed by atoms with E-state index in [0.717, 1.165) is 12.8 Å². The number of hydrogen-bond acceptors (Lipinski definition) is 4. The zero-order chi connectivity index (χ0) is 18.1. The fourth-order valence-corrected chi connectivity index (χ4v) is 2.93. The van der Waals surface area contributed by atoms with Crippen LogP contribution in [0.2, 0.25) is 0 Å². The summed E-state index contributed by atoms with van der Waals surface area (Å²) in [6.45, 7) is 7.23. The van der Waals surface area contributed by atoms with E-state index in [1.807, 2.05) is 25.1 Å². The molecule has 0 radical (unpaired) electrons. The minimum Gasteiger partial charge on any atom is -0.450 e. The maximum atomic E-state index is 12.2. The summed E-state index contributed by atoms with van der Waals surface area (Å²) in [5.74, 6) is 0.0464. The second-order valence-corrected chi connectivity index (χ2v) is 6.45. The van der Waals surface area contributed by atoms with Gasteiger partial charge in [-0.3, -0.25) is 9.69 Å². The molecule has 0 saturated carbocycles. The molecule has 0 aromatic heterocycles. The van der Waals surface area contributed by atoms with Crippen molar-refractivity contribution in [2.45, 2.75) is 32.7 Å². The van der Waals surface area contributed by atoms with E-state index in [0.29, 0.717) is 39.3 Å². The zero-order valence-corrected chi connectivity index (χ0v) is 15.2. The Balaban J connectivity index is 1.64. The first-order valence-electron chi connectivity index (χ1n) is 9.05. The van der Waals surface area contributed by atoms with E-state index in [4.69, 9.17) is 4.74 Å². The average molecular weight is 347 g/mol. The summed E-state index contributed by atoms with van der Waals surface area (Å²) < 4.78 is 5.00. The summed E-state index contributed by atoms with van der Waals surface area (Å²) in [4.78, 5) is 27.6.